The normalized spacial score (nSPS) is 14.6. The minimum Gasteiger partial charge on any atom is -0.378 e. The maximum atomic E-state index is 12.7. The fourth-order valence-corrected chi connectivity index (χ4v) is 3.65. The van der Waals surface area contributed by atoms with Crippen LogP contribution < -0.4 is 15.8 Å². The van der Waals surface area contributed by atoms with E-state index in [9.17, 15) is 9.59 Å². The quantitative estimate of drug-likeness (QED) is 0.751. The number of nitrogens with one attached hydrogen (secondary N) is 1. The molecule has 3 heterocycles. The molecule has 1 aromatic carbocycles. The molecule has 1 saturated heterocycles. The van der Waals surface area contributed by atoms with Gasteiger partial charge in [-0.2, -0.15) is 4.52 Å². The minimum absolute atomic E-state index is 0.0390. The van der Waals surface area contributed by atoms with Crippen LogP contribution in [0.1, 0.15) is 15.9 Å². The molecule has 1 aliphatic rings. The SMILES string of the molecule is Cc1cccc(NC(=O)c2cnc3sc(N4CCOCC4)nn3c2=O)c1. The second-order valence-corrected chi connectivity index (χ2v) is 6.91. The van der Waals surface area contributed by atoms with E-state index in [2.05, 4.69) is 20.3 Å². The summed E-state index contributed by atoms with van der Waals surface area (Å²) in [7, 11) is 0. The van der Waals surface area contributed by atoms with Gasteiger partial charge in [-0.3, -0.25) is 9.59 Å². The van der Waals surface area contributed by atoms with Crippen LogP contribution in [0.15, 0.2) is 35.3 Å². The van der Waals surface area contributed by atoms with Crippen molar-refractivity contribution in [3.05, 3.63) is 51.9 Å². The van der Waals surface area contributed by atoms with Crippen molar-refractivity contribution in [2.24, 2.45) is 0 Å². The first-order chi connectivity index (χ1) is 12.6. The van der Waals surface area contributed by atoms with Gasteiger partial charge in [0, 0.05) is 25.0 Å². The van der Waals surface area contributed by atoms with Crippen molar-refractivity contribution in [2.75, 3.05) is 36.5 Å². The number of hydrogen-bond donors (Lipinski definition) is 1. The van der Waals surface area contributed by atoms with Gasteiger partial charge in [0.15, 0.2) is 0 Å². The molecule has 26 heavy (non-hydrogen) atoms. The number of fused-ring (bicyclic) bond motifs is 1. The standard InChI is InChI=1S/C17H17N5O3S/c1-11-3-2-4-12(9-11)19-14(23)13-10-18-16-22(15(13)24)20-17(26-16)21-5-7-25-8-6-21/h2-4,9-10H,5-8H2,1H3,(H,19,23). The zero-order valence-electron chi connectivity index (χ0n) is 14.1. The molecule has 1 fully saturated rings. The van der Waals surface area contributed by atoms with Gasteiger partial charge >= 0.3 is 0 Å². The van der Waals surface area contributed by atoms with Crippen molar-refractivity contribution >= 4 is 33.0 Å². The number of hydrogen-bond acceptors (Lipinski definition) is 7. The molecule has 0 radical (unpaired) electrons. The van der Waals surface area contributed by atoms with E-state index in [0.29, 0.717) is 29.0 Å². The lowest BCUT2D eigenvalue weighted by molar-refractivity contribution is 0.102. The fourth-order valence-electron chi connectivity index (χ4n) is 2.74. The highest BCUT2D eigenvalue weighted by atomic mass is 32.1. The molecular weight excluding hydrogens is 354 g/mol. The average Bonchev–Trinajstić information content (AvgIpc) is 3.08. The van der Waals surface area contributed by atoms with Gasteiger partial charge in [-0.25, -0.2) is 4.98 Å². The Morgan fingerprint density at radius 2 is 2.12 bits per heavy atom. The van der Waals surface area contributed by atoms with E-state index in [4.69, 9.17) is 4.74 Å². The molecule has 9 heteroatoms. The highest BCUT2D eigenvalue weighted by molar-refractivity contribution is 7.20. The zero-order chi connectivity index (χ0) is 18.1. The summed E-state index contributed by atoms with van der Waals surface area (Å²) in [5.74, 6) is -0.497. The molecule has 0 unspecified atom stereocenters. The van der Waals surface area contributed by atoms with Crippen molar-refractivity contribution in [1.82, 2.24) is 14.6 Å². The number of carbonyl (C=O) groups excluding carboxylic acids is 1. The summed E-state index contributed by atoms with van der Waals surface area (Å²) in [6.45, 7) is 4.62. The van der Waals surface area contributed by atoms with Crippen LogP contribution in [-0.2, 0) is 4.74 Å². The number of rotatable bonds is 3. The maximum Gasteiger partial charge on any atom is 0.288 e. The van der Waals surface area contributed by atoms with E-state index in [1.165, 1.54) is 22.0 Å². The highest BCUT2D eigenvalue weighted by Gasteiger charge is 2.20. The number of nitrogens with zero attached hydrogens (tertiary/aromatic N) is 4. The monoisotopic (exact) mass is 371 g/mol. The van der Waals surface area contributed by atoms with Gasteiger partial charge in [0.1, 0.15) is 5.56 Å². The Hall–Kier alpha value is -2.78. The minimum atomic E-state index is -0.497. The van der Waals surface area contributed by atoms with Gasteiger partial charge in [0.05, 0.1) is 13.2 Å². The number of aryl methyl sites for hydroxylation is 1. The predicted octanol–water partition coefficient (Wildman–Crippen LogP) is 1.55. The highest BCUT2D eigenvalue weighted by Crippen LogP contribution is 2.22. The van der Waals surface area contributed by atoms with Crippen molar-refractivity contribution < 1.29 is 9.53 Å². The summed E-state index contributed by atoms with van der Waals surface area (Å²) in [6, 6.07) is 7.38. The van der Waals surface area contributed by atoms with E-state index in [-0.39, 0.29) is 5.56 Å². The number of anilines is 2. The molecular formula is C17H17N5O3S. The van der Waals surface area contributed by atoms with Gasteiger partial charge in [-0.15, -0.1) is 5.10 Å². The van der Waals surface area contributed by atoms with Crippen LogP contribution in [0.3, 0.4) is 0 Å². The maximum absolute atomic E-state index is 12.7. The Bertz CT molecular complexity index is 1020. The Kier molecular flexibility index (Phi) is 4.39. The third-order valence-corrected chi connectivity index (χ3v) is 5.06. The van der Waals surface area contributed by atoms with E-state index < -0.39 is 11.5 Å². The Balaban J connectivity index is 1.64. The zero-order valence-corrected chi connectivity index (χ0v) is 15.0. The summed E-state index contributed by atoms with van der Waals surface area (Å²) in [5, 5.41) is 7.78. The number of ether oxygens (including phenoxy) is 1. The number of aromatic nitrogens is 3. The first-order valence-electron chi connectivity index (χ1n) is 8.21. The summed E-state index contributed by atoms with van der Waals surface area (Å²) < 4.78 is 6.53. The lowest BCUT2D eigenvalue weighted by Crippen LogP contribution is -2.36. The third-order valence-electron chi connectivity index (χ3n) is 4.08. The molecule has 1 aliphatic heterocycles. The molecule has 2 aromatic heterocycles. The smallest absolute Gasteiger partial charge is 0.288 e. The Morgan fingerprint density at radius 3 is 2.88 bits per heavy atom. The summed E-state index contributed by atoms with van der Waals surface area (Å²) in [4.78, 5) is 31.9. The molecule has 8 nitrogen and oxygen atoms in total. The molecule has 4 rings (SSSR count). The molecule has 1 N–H and O–H groups in total. The van der Waals surface area contributed by atoms with Crippen molar-refractivity contribution in [2.45, 2.75) is 6.92 Å². The van der Waals surface area contributed by atoms with Crippen molar-refractivity contribution in [3.8, 4) is 0 Å². The third kappa shape index (κ3) is 3.18. The van der Waals surface area contributed by atoms with Crippen LogP contribution in [0, 0.1) is 6.92 Å². The van der Waals surface area contributed by atoms with Gasteiger partial charge in [0.25, 0.3) is 11.5 Å². The van der Waals surface area contributed by atoms with Crippen LogP contribution >= 0.6 is 11.3 Å². The summed E-state index contributed by atoms with van der Waals surface area (Å²) in [5.41, 5.74) is 1.13. The lowest BCUT2D eigenvalue weighted by Gasteiger charge is -2.25. The lowest BCUT2D eigenvalue weighted by atomic mass is 10.2. The number of amides is 1. The largest absolute Gasteiger partial charge is 0.378 e. The molecule has 0 spiro atoms. The van der Waals surface area contributed by atoms with Gasteiger partial charge in [-0.1, -0.05) is 23.5 Å². The molecule has 134 valence electrons. The van der Waals surface area contributed by atoms with Gasteiger partial charge in [0.2, 0.25) is 10.1 Å². The topological polar surface area (TPSA) is 88.8 Å². The van der Waals surface area contributed by atoms with Crippen LogP contribution in [0.4, 0.5) is 10.8 Å². The predicted molar refractivity (Wildman–Crippen MR) is 99.3 cm³/mol. The number of carbonyl (C=O) groups is 1. The summed E-state index contributed by atoms with van der Waals surface area (Å²) >= 11 is 1.32. The molecule has 0 atom stereocenters. The van der Waals surface area contributed by atoms with Crippen LogP contribution in [0.5, 0.6) is 0 Å². The van der Waals surface area contributed by atoms with E-state index in [1.54, 1.807) is 6.07 Å². The summed E-state index contributed by atoms with van der Waals surface area (Å²) in [6.07, 6.45) is 1.31. The fraction of sp³-hybridized carbons (Fsp3) is 0.294. The van der Waals surface area contributed by atoms with Gasteiger partial charge < -0.3 is 15.0 Å². The van der Waals surface area contributed by atoms with E-state index in [1.807, 2.05) is 25.1 Å². The first-order valence-corrected chi connectivity index (χ1v) is 9.03. The average molecular weight is 371 g/mol. The number of benzene rings is 1. The molecule has 0 saturated carbocycles. The second kappa shape index (κ2) is 6.85. The van der Waals surface area contributed by atoms with Crippen LogP contribution in [-0.4, -0.2) is 46.8 Å². The molecule has 1 amide bonds. The first kappa shape index (κ1) is 16.7. The molecule has 3 aromatic rings. The van der Waals surface area contributed by atoms with E-state index in [0.717, 1.165) is 18.7 Å². The van der Waals surface area contributed by atoms with Crippen molar-refractivity contribution in [3.63, 3.8) is 0 Å². The van der Waals surface area contributed by atoms with Gasteiger partial charge in [-0.05, 0) is 24.6 Å². The van der Waals surface area contributed by atoms with Crippen LogP contribution in [0.25, 0.3) is 4.96 Å². The van der Waals surface area contributed by atoms with Crippen LogP contribution in [0.2, 0.25) is 0 Å². The second-order valence-electron chi connectivity index (χ2n) is 5.98. The molecule has 0 bridgehead atoms. The number of morpholine rings is 1. The van der Waals surface area contributed by atoms with Crippen molar-refractivity contribution in [1.29, 1.82) is 0 Å². The van der Waals surface area contributed by atoms with E-state index >= 15 is 0 Å². The Morgan fingerprint density at radius 1 is 1.31 bits per heavy atom. The Labute approximate surface area is 153 Å². The molecule has 0 aliphatic carbocycles.